The van der Waals surface area contributed by atoms with E-state index >= 15 is 0 Å². The standard InChI is InChI=1S/C13H22N6O/c1-4-13(20,5-2)7-15-10-9-11(17-8-16-9)19-12(18-10)14-6-3/h8,20H,4-7H2,1-3H3,(H3,14,15,16,17,18,19). The van der Waals surface area contributed by atoms with Crippen LogP contribution >= 0.6 is 0 Å². The van der Waals surface area contributed by atoms with Gasteiger partial charge in [0.1, 0.15) is 5.52 Å². The number of aromatic amines is 1. The van der Waals surface area contributed by atoms with Crippen LogP contribution in [0.15, 0.2) is 6.33 Å². The number of nitrogens with zero attached hydrogens (tertiary/aromatic N) is 3. The minimum absolute atomic E-state index is 0.441. The maximum absolute atomic E-state index is 10.3. The van der Waals surface area contributed by atoms with Crippen molar-refractivity contribution < 1.29 is 5.11 Å². The third-order valence-corrected chi connectivity index (χ3v) is 3.52. The predicted octanol–water partition coefficient (Wildman–Crippen LogP) is 1.75. The third kappa shape index (κ3) is 2.98. The number of anilines is 2. The van der Waals surface area contributed by atoms with Crippen LogP contribution in [0.1, 0.15) is 33.6 Å². The van der Waals surface area contributed by atoms with E-state index in [9.17, 15) is 5.11 Å². The number of hydrogen-bond donors (Lipinski definition) is 4. The average molecular weight is 278 g/mol. The van der Waals surface area contributed by atoms with E-state index in [0.717, 1.165) is 12.1 Å². The molecule has 4 N–H and O–H groups in total. The fraction of sp³-hybridized carbons (Fsp3) is 0.615. The van der Waals surface area contributed by atoms with Gasteiger partial charge in [-0.05, 0) is 19.8 Å². The van der Waals surface area contributed by atoms with Gasteiger partial charge in [0.25, 0.3) is 0 Å². The Morgan fingerprint density at radius 1 is 1.20 bits per heavy atom. The number of H-pyrrole nitrogens is 1. The van der Waals surface area contributed by atoms with E-state index in [-0.39, 0.29) is 0 Å². The Bertz CT molecular complexity index is 563. The first kappa shape index (κ1) is 14.5. The number of hydrogen-bond acceptors (Lipinski definition) is 6. The normalized spacial score (nSPS) is 11.8. The summed E-state index contributed by atoms with van der Waals surface area (Å²) in [6, 6.07) is 0. The van der Waals surface area contributed by atoms with Crippen molar-refractivity contribution in [2.45, 2.75) is 39.2 Å². The molecule has 0 unspecified atom stereocenters. The van der Waals surface area contributed by atoms with E-state index in [1.54, 1.807) is 6.33 Å². The lowest BCUT2D eigenvalue weighted by Crippen LogP contribution is -2.35. The molecule has 0 aliphatic carbocycles. The molecule has 0 radical (unpaired) electrons. The van der Waals surface area contributed by atoms with Crippen molar-refractivity contribution in [3.63, 3.8) is 0 Å². The number of aromatic nitrogens is 4. The van der Waals surface area contributed by atoms with Crippen LogP contribution in [0.2, 0.25) is 0 Å². The minimum Gasteiger partial charge on any atom is -0.388 e. The van der Waals surface area contributed by atoms with Crippen LogP contribution in [-0.2, 0) is 0 Å². The summed E-state index contributed by atoms with van der Waals surface area (Å²) in [5, 5.41) is 16.6. The zero-order valence-electron chi connectivity index (χ0n) is 12.2. The highest BCUT2D eigenvalue weighted by atomic mass is 16.3. The molecule has 0 spiro atoms. The van der Waals surface area contributed by atoms with Crippen molar-refractivity contribution in [1.82, 2.24) is 19.9 Å². The summed E-state index contributed by atoms with van der Waals surface area (Å²) in [5.74, 6) is 1.19. The zero-order valence-corrected chi connectivity index (χ0v) is 12.2. The highest BCUT2D eigenvalue weighted by Gasteiger charge is 2.22. The molecule has 7 nitrogen and oxygen atoms in total. The first-order valence-corrected chi connectivity index (χ1v) is 7.03. The summed E-state index contributed by atoms with van der Waals surface area (Å²) >= 11 is 0. The summed E-state index contributed by atoms with van der Waals surface area (Å²) in [6.07, 6.45) is 2.97. The van der Waals surface area contributed by atoms with Crippen LogP contribution in [0.4, 0.5) is 11.8 Å². The molecule has 2 aromatic rings. The number of rotatable bonds is 7. The molecule has 0 aliphatic rings. The SMILES string of the molecule is CCNc1nc(NCC(O)(CC)CC)c2[nH]cnc2n1. The van der Waals surface area contributed by atoms with Gasteiger partial charge in [0.2, 0.25) is 5.95 Å². The lowest BCUT2D eigenvalue weighted by Gasteiger charge is -2.25. The smallest absolute Gasteiger partial charge is 0.226 e. The summed E-state index contributed by atoms with van der Waals surface area (Å²) in [6.45, 7) is 7.11. The molecular weight excluding hydrogens is 256 g/mol. The number of aliphatic hydroxyl groups is 1. The summed E-state index contributed by atoms with van der Waals surface area (Å²) in [5.41, 5.74) is 0.631. The van der Waals surface area contributed by atoms with Crippen molar-refractivity contribution >= 4 is 22.9 Å². The predicted molar refractivity (Wildman–Crippen MR) is 79.9 cm³/mol. The van der Waals surface area contributed by atoms with Gasteiger partial charge in [-0.3, -0.25) is 0 Å². The van der Waals surface area contributed by atoms with Crippen LogP contribution in [-0.4, -0.2) is 43.7 Å². The Morgan fingerprint density at radius 3 is 2.60 bits per heavy atom. The highest BCUT2D eigenvalue weighted by Crippen LogP contribution is 2.21. The molecule has 20 heavy (non-hydrogen) atoms. The molecule has 0 aromatic carbocycles. The van der Waals surface area contributed by atoms with Crippen molar-refractivity contribution in [2.24, 2.45) is 0 Å². The molecule has 0 aliphatic heterocycles. The van der Waals surface area contributed by atoms with Gasteiger partial charge in [-0.25, -0.2) is 4.98 Å². The second kappa shape index (κ2) is 6.04. The first-order valence-electron chi connectivity index (χ1n) is 7.03. The Morgan fingerprint density at radius 2 is 1.95 bits per heavy atom. The Kier molecular flexibility index (Phi) is 4.39. The van der Waals surface area contributed by atoms with Crippen molar-refractivity contribution in [1.29, 1.82) is 0 Å². The maximum atomic E-state index is 10.3. The van der Waals surface area contributed by atoms with Crippen LogP contribution in [0.3, 0.4) is 0 Å². The maximum Gasteiger partial charge on any atom is 0.226 e. The van der Waals surface area contributed by atoms with E-state index in [1.165, 1.54) is 0 Å². The van der Waals surface area contributed by atoms with Gasteiger partial charge in [0.15, 0.2) is 11.5 Å². The van der Waals surface area contributed by atoms with E-state index in [4.69, 9.17) is 0 Å². The zero-order chi connectivity index (χ0) is 14.6. The Hall–Kier alpha value is -1.89. The number of nitrogens with one attached hydrogen (secondary N) is 3. The van der Waals surface area contributed by atoms with Crippen LogP contribution in [0.5, 0.6) is 0 Å². The summed E-state index contributed by atoms with van der Waals surface area (Å²) in [7, 11) is 0. The van der Waals surface area contributed by atoms with Gasteiger partial charge >= 0.3 is 0 Å². The molecule has 0 amide bonds. The van der Waals surface area contributed by atoms with Crippen LogP contribution in [0, 0.1) is 0 Å². The van der Waals surface area contributed by atoms with Crippen LogP contribution in [0.25, 0.3) is 11.2 Å². The van der Waals surface area contributed by atoms with Crippen molar-refractivity contribution in [3.8, 4) is 0 Å². The molecule has 2 rings (SSSR count). The van der Waals surface area contributed by atoms with E-state index < -0.39 is 5.60 Å². The van der Waals surface area contributed by atoms with Gasteiger partial charge in [-0.15, -0.1) is 0 Å². The molecule has 2 aromatic heterocycles. The van der Waals surface area contributed by atoms with E-state index in [2.05, 4.69) is 30.6 Å². The molecule has 0 bridgehead atoms. The first-order chi connectivity index (χ1) is 9.61. The topological polar surface area (TPSA) is 98.8 Å². The summed E-state index contributed by atoms with van der Waals surface area (Å²) in [4.78, 5) is 15.9. The second-order valence-corrected chi connectivity index (χ2v) is 4.81. The van der Waals surface area contributed by atoms with Crippen molar-refractivity contribution in [3.05, 3.63) is 6.33 Å². The molecule has 0 fully saturated rings. The molecule has 2 heterocycles. The molecule has 0 atom stereocenters. The van der Waals surface area contributed by atoms with Gasteiger partial charge in [0.05, 0.1) is 11.9 Å². The molecule has 0 saturated heterocycles. The fourth-order valence-corrected chi connectivity index (χ4v) is 1.95. The molecule has 110 valence electrons. The molecular formula is C13H22N6O. The fourth-order valence-electron chi connectivity index (χ4n) is 1.95. The largest absolute Gasteiger partial charge is 0.388 e. The second-order valence-electron chi connectivity index (χ2n) is 4.81. The summed E-state index contributed by atoms with van der Waals surface area (Å²) < 4.78 is 0. The van der Waals surface area contributed by atoms with Gasteiger partial charge in [-0.2, -0.15) is 9.97 Å². The number of imidazole rings is 1. The van der Waals surface area contributed by atoms with Gasteiger partial charge < -0.3 is 20.7 Å². The lowest BCUT2D eigenvalue weighted by molar-refractivity contribution is 0.0456. The lowest BCUT2D eigenvalue weighted by atomic mass is 9.98. The quantitative estimate of drug-likeness (QED) is 0.616. The van der Waals surface area contributed by atoms with E-state index in [1.807, 2.05) is 20.8 Å². The van der Waals surface area contributed by atoms with Crippen molar-refractivity contribution in [2.75, 3.05) is 23.7 Å². The third-order valence-electron chi connectivity index (χ3n) is 3.52. The average Bonchev–Trinajstić information content (AvgIpc) is 2.93. The van der Waals surface area contributed by atoms with Crippen LogP contribution < -0.4 is 10.6 Å². The molecule has 7 heteroatoms. The van der Waals surface area contributed by atoms with E-state index in [0.29, 0.717) is 36.8 Å². The Labute approximate surface area is 118 Å². The van der Waals surface area contributed by atoms with Gasteiger partial charge in [-0.1, -0.05) is 13.8 Å². The molecule has 0 saturated carbocycles. The monoisotopic (exact) mass is 278 g/mol. The number of fused-ring (bicyclic) bond motifs is 1. The Balaban J connectivity index is 2.25. The van der Waals surface area contributed by atoms with Gasteiger partial charge in [0, 0.05) is 13.1 Å². The minimum atomic E-state index is -0.727. The highest BCUT2D eigenvalue weighted by molar-refractivity contribution is 5.83.